The minimum absolute atomic E-state index is 0.0623. The molecule has 0 N–H and O–H groups in total. The molecular formula is C19H15N3O3. The first-order valence-electron chi connectivity index (χ1n) is 7.82. The molecule has 25 heavy (non-hydrogen) atoms. The highest BCUT2D eigenvalue weighted by Gasteiger charge is 2.13. The van der Waals surface area contributed by atoms with Crippen molar-refractivity contribution in [1.29, 1.82) is 0 Å². The molecule has 0 aliphatic heterocycles. The number of nitro benzene ring substituents is 1. The van der Waals surface area contributed by atoms with Gasteiger partial charge in [0.2, 0.25) is 0 Å². The van der Waals surface area contributed by atoms with Crippen LogP contribution in [0.25, 0.3) is 22.1 Å². The third-order valence-corrected chi connectivity index (χ3v) is 4.12. The van der Waals surface area contributed by atoms with Crippen molar-refractivity contribution in [3.8, 4) is 11.1 Å². The summed E-state index contributed by atoms with van der Waals surface area (Å²) in [6.07, 6.45) is 6.07. The number of benzene rings is 2. The molecule has 0 bridgehead atoms. The van der Waals surface area contributed by atoms with Crippen LogP contribution in [0.1, 0.15) is 11.3 Å². The molecule has 124 valence electrons. The molecule has 2 heterocycles. The SMILES string of the molecule is Cn1cnc(Cc2cc(-c3cccc([N+](=O)[O-])c3)c3occc3c2)c1. The molecule has 2 aromatic heterocycles. The minimum Gasteiger partial charge on any atom is -0.464 e. The van der Waals surface area contributed by atoms with Crippen molar-refractivity contribution < 1.29 is 9.34 Å². The second kappa shape index (κ2) is 5.90. The summed E-state index contributed by atoms with van der Waals surface area (Å²) in [5, 5.41) is 12.0. The topological polar surface area (TPSA) is 74.1 Å². The first-order chi connectivity index (χ1) is 12.1. The lowest BCUT2D eigenvalue weighted by molar-refractivity contribution is -0.384. The van der Waals surface area contributed by atoms with Gasteiger partial charge in [0, 0.05) is 42.7 Å². The standard InChI is InChI=1S/C19H15N3O3/c1-21-11-16(20-12-21)8-13-7-15-5-6-25-19(15)18(9-13)14-3-2-4-17(10-14)22(23)24/h2-7,9-12H,8H2,1H3. The molecule has 0 unspecified atom stereocenters. The van der Waals surface area contributed by atoms with Gasteiger partial charge >= 0.3 is 0 Å². The van der Waals surface area contributed by atoms with Gasteiger partial charge in [0.25, 0.3) is 5.69 Å². The number of imidazole rings is 1. The molecule has 0 amide bonds. The van der Waals surface area contributed by atoms with Gasteiger partial charge in [-0.25, -0.2) is 4.98 Å². The number of fused-ring (bicyclic) bond motifs is 1. The zero-order valence-corrected chi connectivity index (χ0v) is 13.5. The van der Waals surface area contributed by atoms with Crippen LogP contribution < -0.4 is 0 Å². The van der Waals surface area contributed by atoms with E-state index in [1.807, 2.05) is 36.0 Å². The van der Waals surface area contributed by atoms with Crippen LogP contribution in [0.5, 0.6) is 0 Å². The second-order valence-electron chi connectivity index (χ2n) is 6.00. The molecule has 0 saturated carbocycles. The van der Waals surface area contributed by atoms with E-state index in [1.54, 1.807) is 24.7 Å². The normalized spacial score (nSPS) is 11.1. The number of aromatic nitrogens is 2. The molecule has 4 rings (SSSR count). The van der Waals surface area contributed by atoms with Gasteiger partial charge in [-0.2, -0.15) is 0 Å². The molecule has 0 atom stereocenters. The van der Waals surface area contributed by atoms with E-state index >= 15 is 0 Å². The maximum absolute atomic E-state index is 11.1. The predicted molar refractivity (Wildman–Crippen MR) is 94.3 cm³/mol. The van der Waals surface area contributed by atoms with Crippen molar-refractivity contribution in [1.82, 2.24) is 9.55 Å². The smallest absolute Gasteiger partial charge is 0.270 e. The Hall–Kier alpha value is -3.41. The average molecular weight is 333 g/mol. The fourth-order valence-corrected chi connectivity index (χ4v) is 3.01. The average Bonchev–Trinajstić information content (AvgIpc) is 3.23. The van der Waals surface area contributed by atoms with Crippen LogP contribution >= 0.6 is 0 Å². The van der Waals surface area contributed by atoms with E-state index in [1.165, 1.54) is 6.07 Å². The zero-order chi connectivity index (χ0) is 17.4. The summed E-state index contributed by atoms with van der Waals surface area (Å²) in [6, 6.07) is 12.6. The Kier molecular flexibility index (Phi) is 3.57. The van der Waals surface area contributed by atoms with Crippen LogP contribution in [0.4, 0.5) is 5.69 Å². The van der Waals surface area contributed by atoms with E-state index in [0.29, 0.717) is 6.42 Å². The highest BCUT2D eigenvalue weighted by Crippen LogP contribution is 2.33. The summed E-state index contributed by atoms with van der Waals surface area (Å²) < 4.78 is 7.53. The van der Waals surface area contributed by atoms with E-state index in [0.717, 1.165) is 33.4 Å². The molecule has 4 aromatic rings. The largest absolute Gasteiger partial charge is 0.464 e. The number of non-ortho nitro benzene ring substituents is 1. The van der Waals surface area contributed by atoms with Crippen LogP contribution in [0.2, 0.25) is 0 Å². The number of rotatable bonds is 4. The van der Waals surface area contributed by atoms with Crippen LogP contribution in [-0.2, 0) is 13.5 Å². The molecular weight excluding hydrogens is 318 g/mol. The van der Waals surface area contributed by atoms with Crippen molar-refractivity contribution in [3.05, 3.63) is 82.6 Å². The maximum Gasteiger partial charge on any atom is 0.270 e. The maximum atomic E-state index is 11.1. The molecule has 0 spiro atoms. The monoisotopic (exact) mass is 333 g/mol. The van der Waals surface area contributed by atoms with Crippen molar-refractivity contribution in [2.45, 2.75) is 6.42 Å². The van der Waals surface area contributed by atoms with Gasteiger partial charge < -0.3 is 8.98 Å². The Bertz CT molecular complexity index is 1080. The van der Waals surface area contributed by atoms with E-state index in [9.17, 15) is 10.1 Å². The van der Waals surface area contributed by atoms with Gasteiger partial charge in [0.05, 0.1) is 23.2 Å². The molecule has 2 aromatic carbocycles. The number of nitro groups is 1. The third kappa shape index (κ3) is 2.89. The van der Waals surface area contributed by atoms with Crippen molar-refractivity contribution >= 4 is 16.7 Å². The molecule has 0 fully saturated rings. The fourth-order valence-electron chi connectivity index (χ4n) is 3.01. The zero-order valence-electron chi connectivity index (χ0n) is 13.5. The van der Waals surface area contributed by atoms with Crippen LogP contribution in [-0.4, -0.2) is 14.5 Å². The van der Waals surface area contributed by atoms with Crippen LogP contribution in [0.15, 0.2) is 65.7 Å². The highest BCUT2D eigenvalue weighted by atomic mass is 16.6. The quantitative estimate of drug-likeness (QED) is 0.411. The van der Waals surface area contributed by atoms with Crippen molar-refractivity contribution in [2.75, 3.05) is 0 Å². The summed E-state index contributed by atoms with van der Waals surface area (Å²) >= 11 is 0. The molecule has 6 heteroatoms. The highest BCUT2D eigenvalue weighted by molar-refractivity contribution is 5.93. The van der Waals surface area contributed by atoms with E-state index in [-0.39, 0.29) is 10.6 Å². The Morgan fingerprint density at radius 2 is 2.12 bits per heavy atom. The first-order valence-corrected chi connectivity index (χ1v) is 7.82. The summed E-state index contributed by atoms with van der Waals surface area (Å²) in [5.74, 6) is 0. The second-order valence-corrected chi connectivity index (χ2v) is 6.00. The number of aryl methyl sites for hydroxylation is 1. The number of nitrogens with zero attached hydrogens (tertiary/aromatic N) is 3. The lowest BCUT2D eigenvalue weighted by atomic mass is 9.98. The fraction of sp³-hybridized carbons (Fsp3) is 0.105. The number of hydrogen-bond donors (Lipinski definition) is 0. The van der Waals surface area contributed by atoms with Gasteiger partial charge in [-0.15, -0.1) is 0 Å². The number of hydrogen-bond acceptors (Lipinski definition) is 4. The summed E-state index contributed by atoms with van der Waals surface area (Å²) in [4.78, 5) is 15.1. The number of furan rings is 1. The Morgan fingerprint density at radius 3 is 2.88 bits per heavy atom. The van der Waals surface area contributed by atoms with Gasteiger partial charge in [-0.1, -0.05) is 12.1 Å². The van der Waals surface area contributed by atoms with E-state index in [2.05, 4.69) is 11.1 Å². The Labute approximate surface area is 143 Å². The van der Waals surface area contributed by atoms with Gasteiger partial charge in [-0.05, 0) is 29.3 Å². The van der Waals surface area contributed by atoms with E-state index in [4.69, 9.17) is 4.42 Å². The molecule has 0 aliphatic rings. The Morgan fingerprint density at radius 1 is 1.24 bits per heavy atom. The van der Waals surface area contributed by atoms with Gasteiger partial charge in [0.15, 0.2) is 0 Å². The predicted octanol–water partition coefficient (Wildman–Crippen LogP) is 4.33. The van der Waals surface area contributed by atoms with Gasteiger partial charge in [0.1, 0.15) is 5.58 Å². The summed E-state index contributed by atoms with van der Waals surface area (Å²) in [6.45, 7) is 0. The minimum atomic E-state index is -0.388. The lowest BCUT2D eigenvalue weighted by Crippen LogP contribution is -1.92. The summed E-state index contributed by atoms with van der Waals surface area (Å²) in [7, 11) is 1.93. The third-order valence-electron chi connectivity index (χ3n) is 4.12. The lowest BCUT2D eigenvalue weighted by Gasteiger charge is -2.07. The van der Waals surface area contributed by atoms with Crippen molar-refractivity contribution in [3.63, 3.8) is 0 Å². The van der Waals surface area contributed by atoms with E-state index < -0.39 is 0 Å². The van der Waals surface area contributed by atoms with Gasteiger partial charge in [-0.3, -0.25) is 10.1 Å². The summed E-state index contributed by atoms with van der Waals surface area (Å²) in [5.41, 5.74) is 4.44. The first kappa shape index (κ1) is 15.1. The molecule has 0 saturated heterocycles. The van der Waals surface area contributed by atoms with Crippen LogP contribution in [0, 0.1) is 10.1 Å². The molecule has 0 aliphatic carbocycles. The molecule has 6 nitrogen and oxygen atoms in total. The van der Waals surface area contributed by atoms with Crippen LogP contribution in [0.3, 0.4) is 0 Å². The Balaban J connectivity index is 1.83. The van der Waals surface area contributed by atoms with Crippen molar-refractivity contribution in [2.24, 2.45) is 7.05 Å². The molecule has 0 radical (unpaired) electrons.